The average Bonchev–Trinajstić information content (AvgIpc) is 3.01. The van der Waals surface area contributed by atoms with E-state index >= 15 is 0 Å². The smallest absolute Gasteiger partial charge is 0.410 e. The predicted molar refractivity (Wildman–Crippen MR) is 83.6 cm³/mol. The quantitative estimate of drug-likeness (QED) is 0.864. The fourth-order valence-electron chi connectivity index (χ4n) is 3.35. The Labute approximate surface area is 131 Å². The van der Waals surface area contributed by atoms with E-state index in [1.54, 1.807) is 4.90 Å². The monoisotopic (exact) mass is 306 g/mol. The van der Waals surface area contributed by atoms with E-state index in [-0.39, 0.29) is 12.1 Å². The minimum absolute atomic E-state index is 0.144. The molecule has 0 unspecified atom stereocenters. The van der Waals surface area contributed by atoms with Crippen LogP contribution in [-0.2, 0) is 11.2 Å². The highest BCUT2D eigenvalue weighted by Gasteiger charge is 2.31. The summed E-state index contributed by atoms with van der Waals surface area (Å²) in [5, 5.41) is 4.54. The molecule has 1 aliphatic carbocycles. The molecule has 2 aliphatic rings. The average molecular weight is 306 g/mol. The van der Waals surface area contributed by atoms with E-state index in [0.29, 0.717) is 6.04 Å². The normalized spacial score (nSPS) is 22.7. The molecule has 1 aromatic rings. The maximum Gasteiger partial charge on any atom is 0.410 e. The van der Waals surface area contributed by atoms with Crippen LogP contribution in [0.3, 0.4) is 0 Å². The van der Waals surface area contributed by atoms with Gasteiger partial charge in [0.2, 0.25) is 0 Å². The van der Waals surface area contributed by atoms with Crippen molar-refractivity contribution >= 4 is 6.09 Å². The van der Waals surface area contributed by atoms with Crippen LogP contribution in [0.1, 0.15) is 63.4 Å². The molecule has 1 fully saturated rings. The van der Waals surface area contributed by atoms with Gasteiger partial charge < -0.3 is 15.4 Å². The molecule has 1 atom stereocenters. The number of ether oxygens (including phenoxy) is 1. The van der Waals surface area contributed by atoms with Crippen molar-refractivity contribution in [3.63, 3.8) is 0 Å². The number of amides is 1. The third kappa shape index (κ3) is 2.97. The van der Waals surface area contributed by atoms with Gasteiger partial charge in [0.05, 0.1) is 12.2 Å². The molecule has 0 aromatic carbocycles. The van der Waals surface area contributed by atoms with E-state index in [1.165, 1.54) is 11.3 Å². The minimum Gasteiger partial charge on any atom is -0.444 e. The number of fused-ring (bicyclic) bond motifs is 1. The van der Waals surface area contributed by atoms with Crippen molar-refractivity contribution in [3.8, 4) is 0 Å². The van der Waals surface area contributed by atoms with Gasteiger partial charge in [0.15, 0.2) is 0 Å². The van der Waals surface area contributed by atoms with Crippen LogP contribution >= 0.6 is 0 Å². The number of carbonyl (C=O) groups is 1. The van der Waals surface area contributed by atoms with Gasteiger partial charge in [-0.25, -0.2) is 4.79 Å². The second-order valence-electron chi connectivity index (χ2n) is 7.33. The van der Waals surface area contributed by atoms with Gasteiger partial charge in [-0.3, -0.25) is 4.68 Å². The predicted octanol–water partition coefficient (Wildman–Crippen LogP) is 2.40. The molecule has 1 amide bonds. The largest absolute Gasteiger partial charge is 0.444 e. The van der Waals surface area contributed by atoms with Crippen molar-refractivity contribution in [1.29, 1.82) is 0 Å². The fourth-order valence-corrected chi connectivity index (χ4v) is 3.35. The third-order valence-corrected chi connectivity index (χ3v) is 4.48. The second-order valence-corrected chi connectivity index (χ2v) is 7.33. The minimum atomic E-state index is -0.438. The van der Waals surface area contributed by atoms with Crippen LogP contribution in [0, 0.1) is 0 Å². The molecule has 1 saturated heterocycles. The summed E-state index contributed by atoms with van der Waals surface area (Å²) in [6, 6.07) is 0.512. The molecule has 3 rings (SSSR count). The summed E-state index contributed by atoms with van der Waals surface area (Å²) in [5.41, 5.74) is 8.15. The molecule has 0 saturated carbocycles. The van der Waals surface area contributed by atoms with Gasteiger partial charge in [-0.2, -0.15) is 5.10 Å². The molecule has 2 N–H and O–H groups in total. The number of piperidine rings is 1. The Hall–Kier alpha value is -1.56. The summed E-state index contributed by atoms with van der Waals surface area (Å²) in [4.78, 5) is 13.9. The first-order chi connectivity index (χ1) is 10.3. The standard InChI is InChI=1S/C16H26N4O2/c1-16(2,3)22-15(21)19-8-6-11(7-9-19)20-14-5-4-13(17)12(14)10-18-20/h10-11,13H,4-9,17H2,1-3H3/t13-/m1/s1. The summed E-state index contributed by atoms with van der Waals surface area (Å²) < 4.78 is 7.59. The van der Waals surface area contributed by atoms with Gasteiger partial charge in [0, 0.05) is 30.4 Å². The highest BCUT2D eigenvalue weighted by Crippen LogP contribution is 2.33. The van der Waals surface area contributed by atoms with Crippen LogP contribution in [0.4, 0.5) is 4.79 Å². The fraction of sp³-hybridized carbons (Fsp3) is 0.750. The first kappa shape index (κ1) is 15.3. The lowest BCUT2D eigenvalue weighted by Gasteiger charge is -2.34. The van der Waals surface area contributed by atoms with Crippen LogP contribution in [-0.4, -0.2) is 39.5 Å². The molecule has 1 aliphatic heterocycles. The van der Waals surface area contributed by atoms with E-state index in [2.05, 4.69) is 9.78 Å². The molecule has 0 radical (unpaired) electrons. The van der Waals surface area contributed by atoms with Crippen LogP contribution < -0.4 is 5.73 Å². The molecule has 22 heavy (non-hydrogen) atoms. The van der Waals surface area contributed by atoms with Crippen molar-refractivity contribution in [2.24, 2.45) is 5.73 Å². The van der Waals surface area contributed by atoms with Gasteiger partial charge in [-0.1, -0.05) is 0 Å². The van der Waals surface area contributed by atoms with Gasteiger partial charge in [0.1, 0.15) is 5.60 Å². The van der Waals surface area contributed by atoms with E-state index in [1.807, 2.05) is 27.0 Å². The van der Waals surface area contributed by atoms with Crippen LogP contribution in [0.5, 0.6) is 0 Å². The molecule has 1 aromatic heterocycles. The zero-order valence-corrected chi connectivity index (χ0v) is 13.7. The van der Waals surface area contributed by atoms with E-state index < -0.39 is 5.60 Å². The van der Waals surface area contributed by atoms with Gasteiger partial charge >= 0.3 is 6.09 Å². The van der Waals surface area contributed by atoms with Gasteiger partial charge in [0.25, 0.3) is 0 Å². The summed E-state index contributed by atoms with van der Waals surface area (Å²) in [6.45, 7) is 7.14. The first-order valence-electron chi connectivity index (χ1n) is 8.15. The van der Waals surface area contributed by atoms with Crippen LogP contribution in [0.2, 0.25) is 0 Å². The number of rotatable bonds is 1. The molecule has 0 spiro atoms. The molecule has 122 valence electrons. The number of nitrogens with two attached hydrogens (primary N) is 1. The van der Waals surface area contributed by atoms with E-state index in [0.717, 1.165) is 38.8 Å². The van der Waals surface area contributed by atoms with Gasteiger partial charge in [-0.05, 0) is 46.5 Å². The molecule has 6 heteroatoms. The summed E-state index contributed by atoms with van der Waals surface area (Å²) in [6.07, 6.45) is 5.59. The second kappa shape index (κ2) is 5.57. The lowest BCUT2D eigenvalue weighted by molar-refractivity contribution is 0.0184. The Balaban J connectivity index is 1.61. The summed E-state index contributed by atoms with van der Waals surface area (Å²) >= 11 is 0. The Kier molecular flexibility index (Phi) is 3.89. The van der Waals surface area contributed by atoms with Gasteiger partial charge in [-0.15, -0.1) is 0 Å². The van der Waals surface area contributed by atoms with Crippen LogP contribution in [0.15, 0.2) is 6.20 Å². The van der Waals surface area contributed by atoms with Crippen molar-refractivity contribution in [2.75, 3.05) is 13.1 Å². The zero-order chi connectivity index (χ0) is 15.9. The lowest BCUT2D eigenvalue weighted by atomic mass is 10.1. The van der Waals surface area contributed by atoms with Crippen molar-refractivity contribution < 1.29 is 9.53 Å². The molecule has 6 nitrogen and oxygen atoms in total. The maximum atomic E-state index is 12.1. The summed E-state index contributed by atoms with van der Waals surface area (Å²) in [5.74, 6) is 0. The Morgan fingerprint density at radius 1 is 1.32 bits per heavy atom. The van der Waals surface area contributed by atoms with Crippen molar-refractivity contribution in [2.45, 2.75) is 64.1 Å². The molecule has 2 heterocycles. The third-order valence-electron chi connectivity index (χ3n) is 4.48. The number of hydrogen-bond acceptors (Lipinski definition) is 4. The number of likely N-dealkylation sites (tertiary alicyclic amines) is 1. The molecular formula is C16H26N4O2. The van der Waals surface area contributed by atoms with Crippen LogP contribution in [0.25, 0.3) is 0 Å². The topological polar surface area (TPSA) is 73.4 Å². The van der Waals surface area contributed by atoms with E-state index in [9.17, 15) is 4.79 Å². The number of carbonyl (C=O) groups excluding carboxylic acids is 1. The highest BCUT2D eigenvalue weighted by molar-refractivity contribution is 5.68. The Morgan fingerprint density at radius 3 is 2.64 bits per heavy atom. The lowest BCUT2D eigenvalue weighted by Crippen LogP contribution is -2.42. The number of nitrogens with zero attached hydrogens (tertiary/aromatic N) is 3. The SMILES string of the molecule is CC(C)(C)OC(=O)N1CCC(n2ncc3c2CC[C@H]3N)CC1. The first-order valence-corrected chi connectivity index (χ1v) is 8.15. The van der Waals surface area contributed by atoms with Crippen molar-refractivity contribution in [1.82, 2.24) is 14.7 Å². The summed E-state index contributed by atoms with van der Waals surface area (Å²) in [7, 11) is 0. The Morgan fingerprint density at radius 2 is 2.00 bits per heavy atom. The molecule has 0 bridgehead atoms. The number of hydrogen-bond donors (Lipinski definition) is 1. The maximum absolute atomic E-state index is 12.1. The van der Waals surface area contributed by atoms with Crippen molar-refractivity contribution in [3.05, 3.63) is 17.5 Å². The highest BCUT2D eigenvalue weighted by atomic mass is 16.6. The molecular weight excluding hydrogens is 280 g/mol. The number of aromatic nitrogens is 2. The van der Waals surface area contributed by atoms with E-state index in [4.69, 9.17) is 10.5 Å². The zero-order valence-electron chi connectivity index (χ0n) is 13.7. The Bertz CT molecular complexity index is 553.